The molecule has 0 N–H and O–H groups in total. The largest absolute Gasteiger partial charge is 0.492 e. The number of likely N-dealkylation sites (N-methyl/N-ethyl adjacent to an activating group) is 1. The summed E-state index contributed by atoms with van der Waals surface area (Å²) in [4.78, 5) is 19.7. The topological polar surface area (TPSA) is 51.7 Å². The number of Topliss-reactive ketones (excluding diaryl/α,β-unsaturated/α-hetero) is 1. The van der Waals surface area contributed by atoms with Crippen molar-refractivity contribution in [3.8, 4) is 17.2 Å². The molecule has 1 heterocycles. The number of hydrogen-bond donors (Lipinski definition) is 0. The molecule has 0 bridgehead atoms. The van der Waals surface area contributed by atoms with E-state index in [9.17, 15) is 4.79 Å². The van der Waals surface area contributed by atoms with Gasteiger partial charge in [0, 0.05) is 23.2 Å². The quantitative estimate of drug-likeness (QED) is 0.175. The average Bonchev–Trinajstić information content (AvgIpc) is 3.81. The van der Waals surface area contributed by atoms with Gasteiger partial charge in [0.05, 0.1) is 11.1 Å². The summed E-state index contributed by atoms with van der Waals surface area (Å²) in [6.45, 7) is 4.65. The Labute approximate surface area is 218 Å². The minimum atomic E-state index is 0.0357. The molecule has 2 fully saturated rings. The van der Waals surface area contributed by atoms with E-state index in [1.807, 2.05) is 54.6 Å². The van der Waals surface area contributed by atoms with E-state index in [1.165, 1.54) is 0 Å². The molecule has 184 valence electrons. The van der Waals surface area contributed by atoms with E-state index in [-0.39, 0.29) is 11.3 Å². The van der Waals surface area contributed by atoms with Gasteiger partial charge in [0.2, 0.25) is 0 Å². The van der Waals surface area contributed by atoms with Crippen LogP contribution in [-0.4, -0.2) is 49.8 Å². The number of rotatable bonds is 9. The summed E-state index contributed by atoms with van der Waals surface area (Å²) in [6.07, 6.45) is 6.09. The lowest BCUT2D eigenvalue weighted by molar-refractivity contribution is 0.103. The molecule has 0 aliphatic heterocycles. The normalized spacial score (nSPS) is 16.2. The minimum absolute atomic E-state index is 0.0357. The molecule has 5 nitrogen and oxygen atoms in total. The van der Waals surface area contributed by atoms with E-state index < -0.39 is 0 Å². The van der Waals surface area contributed by atoms with Gasteiger partial charge >= 0.3 is 0 Å². The van der Waals surface area contributed by atoms with Crippen LogP contribution in [0.5, 0.6) is 17.2 Å². The van der Waals surface area contributed by atoms with Crippen LogP contribution >= 0.6 is 0 Å². The molecule has 4 aromatic rings. The lowest BCUT2D eigenvalue weighted by Gasteiger charge is -2.24. The molecule has 6 heteroatoms. The predicted molar refractivity (Wildman–Crippen MR) is 148 cm³/mol. The maximum atomic E-state index is 13.0. The molecule has 0 spiro atoms. The Balaban J connectivity index is 1.27. The molecule has 0 amide bonds. The number of carbonyl (C=O) groups excluding carboxylic acids is 1. The summed E-state index contributed by atoms with van der Waals surface area (Å²) >= 11 is 0. The first-order valence-corrected chi connectivity index (χ1v) is 12.8. The number of nitrogens with zero attached hydrogens (tertiary/aromatic N) is 2. The van der Waals surface area contributed by atoms with Gasteiger partial charge in [0.25, 0.3) is 0 Å². The summed E-state index contributed by atoms with van der Waals surface area (Å²) in [5, 5.41) is 2.65. The molecular formula is C31H29BN2O3. The third kappa shape index (κ3) is 4.51. The molecule has 0 unspecified atom stereocenters. The van der Waals surface area contributed by atoms with Crippen LogP contribution in [0, 0.1) is 5.92 Å². The van der Waals surface area contributed by atoms with Gasteiger partial charge in [-0.15, -0.1) is 0 Å². The molecule has 2 radical (unpaired) electrons. The number of hydrogen-bond acceptors (Lipinski definition) is 5. The highest BCUT2D eigenvalue weighted by molar-refractivity contribution is 6.35. The van der Waals surface area contributed by atoms with E-state index >= 15 is 0 Å². The zero-order valence-corrected chi connectivity index (χ0v) is 21.3. The minimum Gasteiger partial charge on any atom is -0.492 e. The lowest BCUT2D eigenvalue weighted by Crippen LogP contribution is -2.36. The first-order chi connectivity index (χ1) is 17.8. The van der Waals surface area contributed by atoms with Gasteiger partial charge in [0.15, 0.2) is 5.78 Å². The fraction of sp³-hybridized carbons (Fsp3) is 0.290. The first-order valence-electron chi connectivity index (χ1n) is 12.8. The van der Waals surface area contributed by atoms with Crippen molar-refractivity contribution in [3.05, 3.63) is 78.5 Å². The second kappa shape index (κ2) is 9.03. The Morgan fingerprint density at radius 1 is 1.08 bits per heavy atom. The molecule has 2 saturated carbocycles. The van der Waals surface area contributed by atoms with Gasteiger partial charge in [0.1, 0.15) is 31.7 Å². The number of aromatic nitrogens is 1. The number of benzene rings is 3. The van der Waals surface area contributed by atoms with Crippen LogP contribution in [0.15, 0.2) is 72.9 Å². The van der Waals surface area contributed by atoms with Crippen LogP contribution < -0.4 is 14.9 Å². The van der Waals surface area contributed by atoms with E-state index in [4.69, 9.17) is 17.3 Å². The Morgan fingerprint density at radius 2 is 1.89 bits per heavy atom. The summed E-state index contributed by atoms with van der Waals surface area (Å²) in [7, 11) is 10.6. The lowest BCUT2D eigenvalue weighted by atomic mass is 9.93. The van der Waals surface area contributed by atoms with E-state index in [0.29, 0.717) is 46.4 Å². The molecule has 3 aromatic carbocycles. The van der Waals surface area contributed by atoms with Crippen LogP contribution in [-0.2, 0) is 0 Å². The Hall–Kier alpha value is -3.64. The van der Waals surface area contributed by atoms with E-state index in [2.05, 4.69) is 30.6 Å². The van der Waals surface area contributed by atoms with E-state index in [0.717, 1.165) is 47.4 Å². The van der Waals surface area contributed by atoms with Gasteiger partial charge in [-0.05, 0) is 86.3 Å². The number of ether oxygens (including phenoxy) is 2. The van der Waals surface area contributed by atoms with Crippen LogP contribution in [0.25, 0.3) is 21.7 Å². The second-order valence-corrected chi connectivity index (χ2v) is 10.5. The zero-order chi connectivity index (χ0) is 25.7. The van der Waals surface area contributed by atoms with Gasteiger partial charge in [-0.2, -0.15) is 0 Å². The van der Waals surface area contributed by atoms with E-state index in [1.54, 1.807) is 6.20 Å². The van der Waals surface area contributed by atoms with Gasteiger partial charge in [-0.3, -0.25) is 9.78 Å². The molecule has 0 saturated heterocycles. The molecule has 2 aliphatic carbocycles. The predicted octanol–water partition coefficient (Wildman–Crippen LogP) is 5.60. The molecule has 2 aliphatic rings. The Morgan fingerprint density at radius 3 is 2.62 bits per heavy atom. The number of carbonyl (C=O) groups is 1. The molecule has 1 aromatic heterocycles. The van der Waals surface area contributed by atoms with Crippen molar-refractivity contribution in [2.24, 2.45) is 5.92 Å². The summed E-state index contributed by atoms with van der Waals surface area (Å²) < 4.78 is 12.4. The zero-order valence-electron chi connectivity index (χ0n) is 21.3. The maximum absolute atomic E-state index is 13.0. The number of pyridine rings is 1. The standard InChI is InChI=1S/C31H29BN2O3/c1-19(20-7-8-20)30(35)24-6-4-5-21-15-22(9-10-23(21)24)37-28-11-14-33-27-17-29(26(32)16-25(27)28)36-18-31(12-13-31)34(2)3/h4-6,9-11,14-17,20H,1,7-8,12-13,18H2,2-3H3. The fourth-order valence-electron chi connectivity index (χ4n) is 4.90. The Kier molecular flexibility index (Phi) is 5.80. The number of fused-ring (bicyclic) bond motifs is 2. The van der Waals surface area contributed by atoms with Gasteiger partial charge in [-0.25, -0.2) is 0 Å². The monoisotopic (exact) mass is 488 g/mol. The Bertz CT molecular complexity index is 1550. The van der Waals surface area contributed by atoms with Crippen molar-refractivity contribution in [2.75, 3.05) is 20.7 Å². The number of allylic oxidation sites excluding steroid dienone is 1. The molecule has 6 rings (SSSR count). The highest BCUT2D eigenvalue weighted by Crippen LogP contribution is 2.41. The van der Waals surface area contributed by atoms with Crippen LogP contribution in [0.2, 0.25) is 0 Å². The highest BCUT2D eigenvalue weighted by Gasteiger charge is 2.45. The van der Waals surface area contributed by atoms with Crippen molar-refractivity contribution >= 4 is 40.8 Å². The summed E-state index contributed by atoms with van der Waals surface area (Å²) in [6, 6.07) is 17.1. The second-order valence-electron chi connectivity index (χ2n) is 10.5. The fourth-order valence-corrected chi connectivity index (χ4v) is 4.90. The third-order valence-electron chi connectivity index (χ3n) is 7.79. The van der Waals surface area contributed by atoms with Crippen molar-refractivity contribution in [1.82, 2.24) is 9.88 Å². The van der Waals surface area contributed by atoms with Crippen LogP contribution in [0.4, 0.5) is 0 Å². The van der Waals surface area contributed by atoms with Crippen LogP contribution in [0.1, 0.15) is 36.0 Å². The number of ketones is 1. The van der Waals surface area contributed by atoms with Crippen molar-refractivity contribution < 1.29 is 14.3 Å². The molecule has 0 atom stereocenters. The molecule has 37 heavy (non-hydrogen) atoms. The van der Waals surface area contributed by atoms with Gasteiger partial charge < -0.3 is 14.4 Å². The summed E-state index contributed by atoms with van der Waals surface area (Å²) in [5.74, 6) is 2.34. The third-order valence-corrected chi connectivity index (χ3v) is 7.79. The smallest absolute Gasteiger partial charge is 0.189 e. The summed E-state index contributed by atoms with van der Waals surface area (Å²) in [5.41, 5.74) is 2.82. The maximum Gasteiger partial charge on any atom is 0.189 e. The average molecular weight is 488 g/mol. The highest BCUT2D eigenvalue weighted by atomic mass is 16.5. The molecular weight excluding hydrogens is 459 g/mol. The SMILES string of the molecule is [B]c1cc2c(Oc3ccc4c(C(=O)C(=C)C5CC5)cccc4c3)ccnc2cc1OCC1(N(C)C)CC1. The first kappa shape index (κ1) is 23.7. The van der Waals surface area contributed by atoms with Crippen molar-refractivity contribution in [1.29, 1.82) is 0 Å². The van der Waals surface area contributed by atoms with Crippen molar-refractivity contribution in [2.45, 2.75) is 31.2 Å². The van der Waals surface area contributed by atoms with Crippen molar-refractivity contribution in [3.63, 3.8) is 0 Å². The van der Waals surface area contributed by atoms with Gasteiger partial charge in [-0.1, -0.05) is 36.3 Å². The van der Waals surface area contributed by atoms with Crippen LogP contribution in [0.3, 0.4) is 0 Å².